The van der Waals surface area contributed by atoms with E-state index in [9.17, 15) is 4.79 Å². The summed E-state index contributed by atoms with van der Waals surface area (Å²) in [6.45, 7) is 1.43. The van der Waals surface area contributed by atoms with Crippen LogP contribution in [0.15, 0.2) is 16.6 Å². The number of rotatable bonds is 1. The number of hydrogen-bond acceptors (Lipinski definition) is 2. The molecular weight excluding hydrogens is 241 g/mol. The second kappa shape index (κ2) is 3.46. The molecule has 1 aromatic carbocycles. The molecule has 0 aliphatic heterocycles. The van der Waals surface area contributed by atoms with Crippen LogP contribution in [-0.4, -0.2) is 5.78 Å². The van der Waals surface area contributed by atoms with Gasteiger partial charge in [0.1, 0.15) is 0 Å². The Kier molecular flexibility index (Phi) is 2.75. The minimum atomic E-state index is -0.126. The Hall–Kier alpha value is -0.540. The van der Waals surface area contributed by atoms with Crippen molar-refractivity contribution in [3.63, 3.8) is 0 Å². The van der Waals surface area contributed by atoms with Gasteiger partial charge in [-0.05, 0) is 35.0 Å². The third kappa shape index (κ3) is 1.62. The van der Waals surface area contributed by atoms with Crippen LogP contribution in [0.1, 0.15) is 17.3 Å². The zero-order chi connectivity index (χ0) is 9.30. The summed E-state index contributed by atoms with van der Waals surface area (Å²) in [5, 5.41) is 0.377. The van der Waals surface area contributed by atoms with Crippen molar-refractivity contribution in [2.75, 3.05) is 5.73 Å². The van der Waals surface area contributed by atoms with Crippen molar-refractivity contribution in [3.05, 3.63) is 27.2 Å². The van der Waals surface area contributed by atoms with Crippen molar-refractivity contribution in [3.8, 4) is 0 Å². The van der Waals surface area contributed by atoms with Crippen LogP contribution in [0.25, 0.3) is 0 Å². The maximum absolute atomic E-state index is 11.1. The van der Waals surface area contributed by atoms with Crippen LogP contribution in [0.4, 0.5) is 5.69 Å². The summed E-state index contributed by atoms with van der Waals surface area (Å²) in [6.07, 6.45) is 0. The minimum absolute atomic E-state index is 0.126. The van der Waals surface area contributed by atoms with Crippen LogP contribution >= 0.6 is 27.5 Å². The maximum atomic E-state index is 11.1. The van der Waals surface area contributed by atoms with E-state index < -0.39 is 0 Å². The first-order chi connectivity index (χ1) is 5.54. The fourth-order valence-electron chi connectivity index (χ4n) is 0.923. The van der Waals surface area contributed by atoms with E-state index in [-0.39, 0.29) is 5.78 Å². The lowest BCUT2D eigenvalue weighted by molar-refractivity contribution is 0.101. The molecule has 0 amide bonds. The van der Waals surface area contributed by atoms with Gasteiger partial charge in [-0.25, -0.2) is 0 Å². The second-order valence-electron chi connectivity index (χ2n) is 2.38. The Morgan fingerprint density at radius 1 is 1.58 bits per heavy atom. The Morgan fingerprint density at radius 3 is 2.58 bits per heavy atom. The molecule has 0 heterocycles. The first kappa shape index (κ1) is 9.55. The highest BCUT2D eigenvalue weighted by molar-refractivity contribution is 9.10. The molecule has 0 aliphatic rings. The van der Waals surface area contributed by atoms with Crippen molar-refractivity contribution in [2.45, 2.75) is 6.92 Å². The number of ketones is 1. The van der Waals surface area contributed by atoms with E-state index in [2.05, 4.69) is 15.9 Å². The van der Waals surface area contributed by atoms with Gasteiger partial charge in [-0.2, -0.15) is 0 Å². The SMILES string of the molecule is CC(=O)c1c(N)ccc(Br)c1Cl. The van der Waals surface area contributed by atoms with Crippen molar-refractivity contribution >= 4 is 39.0 Å². The molecule has 0 saturated carbocycles. The third-order valence-electron chi connectivity index (χ3n) is 1.48. The molecule has 1 rings (SSSR count). The quantitative estimate of drug-likeness (QED) is 0.613. The molecule has 1 aromatic rings. The van der Waals surface area contributed by atoms with Crippen LogP contribution in [0.3, 0.4) is 0 Å². The fourth-order valence-corrected chi connectivity index (χ4v) is 1.56. The summed E-state index contributed by atoms with van der Waals surface area (Å²) in [7, 11) is 0. The standard InChI is InChI=1S/C8H7BrClNO/c1-4(12)7-6(11)3-2-5(9)8(7)10/h2-3H,11H2,1H3. The van der Waals surface area contributed by atoms with E-state index in [0.29, 0.717) is 20.7 Å². The first-order valence-electron chi connectivity index (χ1n) is 3.28. The summed E-state index contributed by atoms with van der Waals surface area (Å²) < 4.78 is 0.684. The van der Waals surface area contributed by atoms with Crippen molar-refractivity contribution in [1.29, 1.82) is 0 Å². The molecule has 0 bridgehead atoms. The number of hydrogen-bond donors (Lipinski definition) is 1. The predicted octanol–water partition coefficient (Wildman–Crippen LogP) is 2.89. The van der Waals surface area contributed by atoms with Gasteiger partial charge < -0.3 is 5.73 Å². The topological polar surface area (TPSA) is 43.1 Å². The number of halogens is 2. The predicted molar refractivity (Wildman–Crippen MR) is 53.6 cm³/mol. The summed E-state index contributed by atoms with van der Waals surface area (Å²) in [5.74, 6) is -0.126. The van der Waals surface area contributed by atoms with Gasteiger partial charge in [0.2, 0.25) is 0 Å². The monoisotopic (exact) mass is 247 g/mol. The van der Waals surface area contributed by atoms with Crippen LogP contribution in [0.5, 0.6) is 0 Å². The van der Waals surface area contributed by atoms with E-state index in [1.807, 2.05) is 0 Å². The molecule has 4 heteroatoms. The summed E-state index contributed by atoms with van der Waals surface area (Å²) in [4.78, 5) is 11.1. The van der Waals surface area contributed by atoms with Crippen molar-refractivity contribution < 1.29 is 4.79 Å². The molecule has 0 fully saturated rings. The smallest absolute Gasteiger partial charge is 0.163 e. The molecule has 12 heavy (non-hydrogen) atoms. The van der Waals surface area contributed by atoms with Crippen LogP contribution < -0.4 is 5.73 Å². The van der Waals surface area contributed by atoms with Gasteiger partial charge >= 0.3 is 0 Å². The van der Waals surface area contributed by atoms with Gasteiger partial charge in [0.25, 0.3) is 0 Å². The molecule has 2 nitrogen and oxygen atoms in total. The van der Waals surface area contributed by atoms with Crippen LogP contribution in [0, 0.1) is 0 Å². The van der Waals surface area contributed by atoms with Crippen molar-refractivity contribution in [1.82, 2.24) is 0 Å². The van der Waals surface area contributed by atoms with Gasteiger partial charge in [0.15, 0.2) is 5.78 Å². The Bertz CT molecular complexity index is 338. The van der Waals surface area contributed by atoms with E-state index >= 15 is 0 Å². The zero-order valence-electron chi connectivity index (χ0n) is 6.40. The summed E-state index contributed by atoms with van der Waals surface area (Å²) in [5.41, 5.74) is 6.36. The van der Waals surface area contributed by atoms with Gasteiger partial charge in [0, 0.05) is 10.2 Å². The van der Waals surface area contributed by atoms with Gasteiger partial charge in [-0.1, -0.05) is 11.6 Å². The lowest BCUT2D eigenvalue weighted by Crippen LogP contribution is -2.00. The van der Waals surface area contributed by atoms with Gasteiger partial charge in [-0.15, -0.1) is 0 Å². The van der Waals surface area contributed by atoms with E-state index in [1.165, 1.54) is 6.92 Å². The highest BCUT2D eigenvalue weighted by Gasteiger charge is 2.11. The van der Waals surface area contributed by atoms with Gasteiger partial charge in [0.05, 0.1) is 10.6 Å². The fraction of sp³-hybridized carbons (Fsp3) is 0.125. The highest BCUT2D eigenvalue weighted by atomic mass is 79.9. The molecule has 0 saturated heterocycles. The Labute approximate surface area is 83.8 Å². The molecule has 0 spiro atoms. The van der Waals surface area contributed by atoms with Gasteiger partial charge in [-0.3, -0.25) is 4.79 Å². The molecule has 0 aromatic heterocycles. The highest BCUT2D eigenvalue weighted by Crippen LogP contribution is 2.30. The molecule has 0 unspecified atom stereocenters. The number of benzene rings is 1. The van der Waals surface area contributed by atoms with E-state index in [1.54, 1.807) is 12.1 Å². The molecule has 0 atom stereocenters. The van der Waals surface area contributed by atoms with Crippen LogP contribution in [0.2, 0.25) is 5.02 Å². The molecule has 64 valence electrons. The average Bonchev–Trinajstić information content (AvgIpc) is 1.97. The largest absolute Gasteiger partial charge is 0.398 e. The lowest BCUT2D eigenvalue weighted by atomic mass is 10.1. The van der Waals surface area contributed by atoms with E-state index in [0.717, 1.165) is 0 Å². The Balaban J connectivity index is 3.43. The van der Waals surface area contributed by atoms with Crippen molar-refractivity contribution in [2.24, 2.45) is 0 Å². The van der Waals surface area contributed by atoms with E-state index in [4.69, 9.17) is 17.3 Å². The number of carbonyl (C=O) groups is 1. The third-order valence-corrected chi connectivity index (χ3v) is 2.76. The number of nitrogen functional groups attached to an aromatic ring is 1. The molecule has 2 N–H and O–H groups in total. The normalized spacial score (nSPS) is 9.92. The number of anilines is 1. The maximum Gasteiger partial charge on any atom is 0.163 e. The Morgan fingerprint density at radius 2 is 2.17 bits per heavy atom. The molecule has 0 radical (unpaired) electrons. The average molecular weight is 249 g/mol. The molecular formula is C8H7BrClNO. The number of nitrogens with two attached hydrogens (primary N) is 1. The minimum Gasteiger partial charge on any atom is -0.398 e. The number of Topliss-reactive ketones (excluding diaryl/α,β-unsaturated/α-hetero) is 1. The second-order valence-corrected chi connectivity index (χ2v) is 3.61. The van der Waals surface area contributed by atoms with Crippen LogP contribution in [-0.2, 0) is 0 Å². The lowest BCUT2D eigenvalue weighted by Gasteiger charge is -2.05. The first-order valence-corrected chi connectivity index (χ1v) is 4.45. The molecule has 0 aliphatic carbocycles. The number of carbonyl (C=O) groups excluding carboxylic acids is 1. The summed E-state index contributed by atoms with van der Waals surface area (Å²) in [6, 6.07) is 3.36. The zero-order valence-corrected chi connectivity index (χ0v) is 8.74. The summed E-state index contributed by atoms with van der Waals surface area (Å²) >= 11 is 9.05.